The molecule has 4 heteroatoms. The van der Waals surface area contributed by atoms with Gasteiger partial charge in [-0.3, -0.25) is 4.98 Å². The second-order valence-electron chi connectivity index (χ2n) is 4.48. The molecule has 0 aromatic carbocycles. The monoisotopic (exact) mass is 221 g/mol. The number of carbonyl (C=O) groups excluding carboxylic acids is 1. The normalized spacial score (nSPS) is 11.0. The highest BCUT2D eigenvalue weighted by molar-refractivity contribution is 5.67. The van der Waals surface area contributed by atoms with E-state index in [2.05, 4.69) is 17.2 Å². The standard InChI is InChI=1S/C12H17N2O2/c1-9-6-5-7-10(14-9)8-13-11(15)16-12(2,3)4/h5-7H,1,8H2,2-4H3,(H,13,15). The molecule has 1 rings (SSSR count). The first-order chi connectivity index (χ1) is 7.37. The lowest BCUT2D eigenvalue weighted by Gasteiger charge is -2.19. The maximum Gasteiger partial charge on any atom is 0.407 e. The molecule has 1 aromatic rings. The Bertz CT molecular complexity index is 370. The van der Waals surface area contributed by atoms with Crippen molar-refractivity contribution in [1.82, 2.24) is 10.3 Å². The Labute approximate surface area is 96.0 Å². The molecular weight excluding hydrogens is 204 g/mol. The molecule has 1 heterocycles. The lowest BCUT2D eigenvalue weighted by atomic mass is 10.2. The van der Waals surface area contributed by atoms with Crippen molar-refractivity contribution in [2.75, 3.05) is 0 Å². The summed E-state index contributed by atoms with van der Waals surface area (Å²) in [6, 6.07) is 5.48. The molecule has 0 atom stereocenters. The first-order valence-corrected chi connectivity index (χ1v) is 5.11. The number of amides is 1. The zero-order valence-corrected chi connectivity index (χ0v) is 9.91. The van der Waals surface area contributed by atoms with Gasteiger partial charge >= 0.3 is 6.09 Å². The molecular formula is C12H17N2O2. The predicted octanol–water partition coefficient (Wildman–Crippen LogP) is 2.29. The summed E-state index contributed by atoms with van der Waals surface area (Å²) in [4.78, 5) is 15.5. The van der Waals surface area contributed by atoms with Crippen LogP contribution in [0.2, 0.25) is 0 Å². The molecule has 87 valence electrons. The Morgan fingerprint density at radius 3 is 2.75 bits per heavy atom. The summed E-state index contributed by atoms with van der Waals surface area (Å²) >= 11 is 0. The minimum absolute atomic E-state index is 0.346. The zero-order valence-electron chi connectivity index (χ0n) is 9.91. The molecule has 0 spiro atoms. The van der Waals surface area contributed by atoms with E-state index in [1.807, 2.05) is 32.9 Å². The van der Waals surface area contributed by atoms with E-state index in [1.165, 1.54) is 0 Å². The van der Waals surface area contributed by atoms with E-state index in [9.17, 15) is 4.79 Å². The second kappa shape index (κ2) is 4.96. The van der Waals surface area contributed by atoms with E-state index in [0.717, 1.165) is 5.69 Å². The van der Waals surface area contributed by atoms with Crippen molar-refractivity contribution < 1.29 is 9.53 Å². The van der Waals surface area contributed by atoms with Crippen LogP contribution in [0.5, 0.6) is 0 Å². The van der Waals surface area contributed by atoms with Gasteiger partial charge < -0.3 is 10.1 Å². The molecule has 1 aromatic heterocycles. The fraction of sp³-hybridized carbons (Fsp3) is 0.417. The number of rotatable bonds is 2. The summed E-state index contributed by atoms with van der Waals surface area (Å²) < 4.78 is 5.10. The molecule has 0 fully saturated rings. The first-order valence-electron chi connectivity index (χ1n) is 5.11. The van der Waals surface area contributed by atoms with Gasteiger partial charge in [-0.05, 0) is 39.8 Å². The van der Waals surface area contributed by atoms with E-state index < -0.39 is 11.7 Å². The summed E-state index contributed by atoms with van der Waals surface area (Å²) in [6.45, 7) is 9.52. The average Bonchev–Trinajstić information content (AvgIpc) is 2.12. The minimum atomic E-state index is -0.480. The van der Waals surface area contributed by atoms with Crippen LogP contribution in [0.25, 0.3) is 0 Å². The Balaban J connectivity index is 2.43. The number of hydrogen-bond donors (Lipinski definition) is 1. The van der Waals surface area contributed by atoms with Gasteiger partial charge in [-0.2, -0.15) is 0 Å². The number of pyridine rings is 1. The number of hydrogen-bond acceptors (Lipinski definition) is 3. The van der Waals surface area contributed by atoms with Crippen molar-refractivity contribution in [3.63, 3.8) is 0 Å². The lowest BCUT2D eigenvalue weighted by Crippen LogP contribution is -2.32. The van der Waals surface area contributed by atoms with E-state index in [-0.39, 0.29) is 0 Å². The molecule has 1 N–H and O–H groups in total. The number of alkyl carbamates (subject to hydrolysis) is 1. The van der Waals surface area contributed by atoms with E-state index in [1.54, 1.807) is 6.07 Å². The van der Waals surface area contributed by atoms with Gasteiger partial charge in [0.05, 0.1) is 12.2 Å². The number of nitrogens with zero attached hydrogens (tertiary/aromatic N) is 1. The number of nitrogens with one attached hydrogen (secondary N) is 1. The lowest BCUT2D eigenvalue weighted by molar-refractivity contribution is 0.0523. The number of aromatic nitrogens is 1. The van der Waals surface area contributed by atoms with Crippen LogP contribution in [0.15, 0.2) is 18.2 Å². The summed E-state index contributed by atoms with van der Waals surface area (Å²) in [7, 11) is 0. The van der Waals surface area contributed by atoms with Crippen LogP contribution in [-0.4, -0.2) is 16.7 Å². The maximum atomic E-state index is 11.3. The van der Waals surface area contributed by atoms with Crippen LogP contribution < -0.4 is 5.32 Å². The largest absolute Gasteiger partial charge is 0.444 e. The number of carbonyl (C=O) groups is 1. The zero-order chi connectivity index (χ0) is 12.2. The molecule has 0 saturated carbocycles. The third-order valence-corrected chi connectivity index (χ3v) is 1.68. The Morgan fingerprint density at radius 2 is 2.19 bits per heavy atom. The summed E-state index contributed by atoms with van der Waals surface area (Å²) in [6.07, 6.45) is -0.441. The predicted molar refractivity (Wildman–Crippen MR) is 61.8 cm³/mol. The molecule has 4 nitrogen and oxygen atoms in total. The molecule has 16 heavy (non-hydrogen) atoms. The molecule has 1 radical (unpaired) electrons. The second-order valence-corrected chi connectivity index (χ2v) is 4.48. The van der Waals surface area contributed by atoms with Crippen LogP contribution >= 0.6 is 0 Å². The smallest absolute Gasteiger partial charge is 0.407 e. The summed E-state index contributed by atoms with van der Waals surface area (Å²) in [5.41, 5.74) is 0.966. The van der Waals surface area contributed by atoms with Crippen molar-refractivity contribution in [2.24, 2.45) is 0 Å². The number of ether oxygens (including phenoxy) is 1. The average molecular weight is 221 g/mol. The fourth-order valence-corrected chi connectivity index (χ4v) is 1.10. The minimum Gasteiger partial charge on any atom is -0.444 e. The summed E-state index contributed by atoms with van der Waals surface area (Å²) in [5.74, 6) is 0. The first kappa shape index (κ1) is 12.5. The third kappa shape index (κ3) is 4.77. The molecule has 0 bridgehead atoms. The SMILES string of the molecule is [CH2]c1cccc(CNC(=O)OC(C)(C)C)n1. The van der Waals surface area contributed by atoms with Crippen molar-refractivity contribution >= 4 is 6.09 Å². The summed E-state index contributed by atoms with van der Waals surface area (Å²) in [5, 5.41) is 2.63. The molecule has 0 aliphatic carbocycles. The highest BCUT2D eigenvalue weighted by Gasteiger charge is 2.15. The Kier molecular flexibility index (Phi) is 3.88. The van der Waals surface area contributed by atoms with Crippen molar-refractivity contribution in [3.05, 3.63) is 36.5 Å². The molecule has 0 saturated heterocycles. The third-order valence-electron chi connectivity index (χ3n) is 1.68. The van der Waals surface area contributed by atoms with Crippen molar-refractivity contribution in [1.29, 1.82) is 0 Å². The van der Waals surface area contributed by atoms with Gasteiger partial charge in [0.1, 0.15) is 5.60 Å². The van der Waals surface area contributed by atoms with Crippen molar-refractivity contribution in [2.45, 2.75) is 32.9 Å². The van der Waals surface area contributed by atoms with E-state index in [4.69, 9.17) is 4.74 Å². The van der Waals surface area contributed by atoms with Gasteiger partial charge in [0.15, 0.2) is 0 Å². The van der Waals surface area contributed by atoms with Crippen LogP contribution in [-0.2, 0) is 11.3 Å². The fourth-order valence-electron chi connectivity index (χ4n) is 1.10. The highest BCUT2D eigenvalue weighted by Crippen LogP contribution is 2.06. The van der Waals surface area contributed by atoms with Crippen LogP contribution in [0.1, 0.15) is 32.2 Å². The van der Waals surface area contributed by atoms with Gasteiger partial charge in [-0.15, -0.1) is 0 Å². The topological polar surface area (TPSA) is 51.2 Å². The molecule has 0 aliphatic heterocycles. The van der Waals surface area contributed by atoms with Crippen LogP contribution in [0, 0.1) is 6.92 Å². The van der Waals surface area contributed by atoms with Crippen molar-refractivity contribution in [3.8, 4) is 0 Å². The molecule has 0 aliphatic rings. The van der Waals surface area contributed by atoms with E-state index >= 15 is 0 Å². The van der Waals surface area contributed by atoms with Gasteiger partial charge in [0, 0.05) is 5.69 Å². The molecule has 0 unspecified atom stereocenters. The van der Waals surface area contributed by atoms with Gasteiger partial charge in [0.2, 0.25) is 0 Å². The Hall–Kier alpha value is -1.58. The van der Waals surface area contributed by atoms with Gasteiger partial charge in [0.25, 0.3) is 0 Å². The maximum absolute atomic E-state index is 11.3. The quantitative estimate of drug-likeness (QED) is 0.833. The Morgan fingerprint density at radius 1 is 1.50 bits per heavy atom. The van der Waals surface area contributed by atoms with Crippen LogP contribution in [0.3, 0.4) is 0 Å². The van der Waals surface area contributed by atoms with Gasteiger partial charge in [-0.1, -0.05) is 6.07 Å². The van der Waals surface area contributed by atoms with E-state index in [0.29, 0.717) is 12.2 Å². The van der Waals surface area contributed by atoms with Gasteiger partial charge in [-0.25, -0.2) is 4.79 Å². The highest BCUT2D eigenvalue weighted by atomic mass is 16.6. The van der Waals surface area contributed by atoms with Crippen LogP contribution in [0.4, 0.5) is 4.79 Å². The molecule has 1 amide bonds.